The molecule has 7 nitrogen and oxygen atoms in total. The van der Waals surface area contributed by atoms with Crippen molar-refractivity contribution in [3.63, 3.8) is 0 Å². The first-order chi connectivity index (χ1) is 15.7. The van der Waals surface area contributed by atoms with Gasteiger partial charge >= 0.3 is 0 Å². The van der Waals surface area contributed by atoms with E-state index in [0.717, 1.165) is 50.2 Å². The van der Waals surface area contributed by atoms with Crippen LogP contribution in [0.2, 0.25) is 0 Å². The van der Waals surface area contributed by atoms with E-state index < -0.39 is 0 Å². The summed E-state index contributed by atoms with van der Waals surface area (Å²) in [6, 6.07) is 13.7. The van der Waals surface area contributed by atoms with Crippen molar-refractivity contribution >= 4 is 5.91 Å². The molecule has 4 rings (SSSR count). The van der Waals surface area contributed by atoms with E-state index in [1.165, 1.54) is 0 Å². The monoisotopic (exact) mass is 433 g/mol. The van der Waals surface area contributed by atoms with E-state index in [1.54, 1.807) is 12.4 Å². The molecular weight excluding hydrogens is 402 g/mol. The number of likely N-dealkylation sites (tertiary alicyclic amines) is 1. The van der Waals surface area contributed by atoms with Crippen LogP contribution in [0.1, 0.15) is 42.1 Å². The minimum absolute atomic E-state index is 0.111. The Bertz CT molecular complexity index is 969. The van der Waals surface area contributed by atoms with Crippen LogP contribution in [0.3, 0.4) is 0 Å². The lowest BCUT2D eigenvalue weighted by atomic mass is 10.0. The predicted octanol–water partition coefficient (Wildman–Crippen LogP) is 3.53. The number of hydrogen-bond donors (Lipinski definition) is 1. The van der Waals surface area contributed by atoms with Crippen LogP contribution in [0, 0.1) is 0 Å². The number of carbonyl (C=O) groups is 1. The molecule has 1 fully saturated rings. The molecule has 3 heterocycles. The highest BCUT2D eigenvalue weighted by Gasteiger charge is 2.24. The van der Waals surface area contributed by atoms with Gasteiger partial charge in [0.25, 0.3) is 5.91 Å². The molecule has 7 heteroatoms. The number of benzene rings is 1. The second-order valence-corrected chi connectivity index (χ2v) is 8.33. The van der Waals surface area contributed by atoms with Crippen molar-refractivity contribution in [1.82, 2.24) is 25.0 Å². The molecule has 0 bridgehead atoms. The Labute approximate surface area is 189 Å². The van der Waals surface area contributed by atoms with Gasteiger partial charge < -0.3 is 15.0 Å². The first kappa shape index (κ1) is 22.0. The average molecular weight is 434 g/mol. The predicted molar refractivity (Wildman–Crippen MR) is 123 cm³/mol. The highest BCUT2D eigenvalue weighted by molar-refractivity contribution is 5.94. The SMILES string of the molecule is CC(CCn1cccn1)N1CCC(Oc2cccc(C(=O)NCc3cccnc3)c2)CC1. The molecule has 1 N–H and O–H groups in total. The molecule has 0 aliphatic carbocycles. The molecule has 1 unspecified atom stereocenters. The second kappa shape index (κ2) is 10.9. The quantitative estimate of drug-likeness (QED) is 0.559. The Hall–Kier alpha value is -3.19. The number of hydrogen-bond acceptors (Lipinski definition) is 5. The van der Waals surface area contributed by atoms with E-state index in [1.807, 2.05) is 59.5 Å². The molecule has 1 atom stereocenters. The maximum Gasteiger partial charge on any atom is 0.251 e. The summed E-state index contributed by atoms with van der Waals surface area (Å²) in [5, 5.41) is 7.22. The molecule has 2 aromatic heterocycles. The molecule has 1 aliphatic rings. The fourth-order valence-corrected chi connectivity index (χ4v) is 4.06. The minimum Gasteiger partial charge on any atom is -0.490 e. The Morgan fingerprint density at radius 3 is 2.81 bits per heavy atom. The zero-order chi connectivity index (χ0) is 22.2. The van der Waals surface area contributed by atoms with Crippen molar-refractivity contribution in [3.05, 3.63) is 78.4 Å². The average Bonchev–Trinajstić information content (AvgIpc) is 3.36. The minimum atomic E-state index is -0.111. The Kier molecular flexibility index (Phi) is 7.51. The zero-order valence-corrected chi connectivity index (χ0v) is 18.6. The van der Waals surface area contributed by atoms with Crippen LogP contribution in [0.5, 0.6) is 5.75 Å². The summed E-state index contributed by atoms with van der Waals surface area (Å²) in [7, 11) is 0. The van der Waals surface area contributed by atoms with Crippen LogP contribution < -0.4 is 10.1 Å². The number of aryl methyl sites for hydroxylation is 1. The van der Waals surface area contributed by atoms with Crippen LogP contribution in [-0.2, 0) is 13.1 Å². The highest BCUT2D eigenvalue weighted by Crippen LogP contribution is 2.22. The van der Waals surface area contributed by atoms with Crippen molar-refractivity contribution in [2.45, 2.75) is 51.4 Å². The number of carbonyl (C=O) groups excluding carboxylic acids is 1. The van der Waals surface area contributed by atoms with Gasteiger partial charge in [0.05, 0.1) is 0 Å². The molecular formula is C25H31N5O2. The fraction of sp³-hybridized carbons (Fsp3) is 0.400. The number of nitrogens with one attached hydrogen (secondary N) is 1. The van der Waals surface area contributed by atoms with Crippen LogP contribution in [0.25, 0.3) is 0 Å². The number of amides is 1. The number of pyridine rings is 1. The topological polar surface area (TPSA) is 72.3 Å². The van der Waals surface area contributed by atoms with Crippen molar-refractivity contribution in [2.75, 3.05) is 13.1 Å². The van der Waals surface area contributed by atoms with Crippen molar-refractivity contribution in [2.24, 2.45) is 0 Å². The van der Waals surface area contributed by atoms with Crippen LogP contribution in [0.4, 0.5) is 0 Å². The number of ether oxygens (including phenoxy) is 1. The van der Waals surface area contributed by atoms with Gasteiger partial charge in [-0.1, -0.05) is 12.1 Å². The highest BCUT2D eigenvalue weighted by atomic mass is 16.5. The van der Waals surface area contributed by atoms with Gasteiger partial charge in [0, 0.05) is 62.6 Å². The smallest absolute Gasteiger partial charge is 0.251 e. The lowest BCUT2D eigenvalue weighted by Gasteiger charge is -2.36. The number of piperidine rings is 1. The normalized spacial score (nSPS) is 15.9. The van der Waals surface area contributed by atoms with Crippen molar-refractivity contribution < 1.29 is 9.53 Å². The second-order valence-electron chi connectivity index (χ2n) is 8.33. The van der Waals surface area contributed by atoms with Gasteiger partial charge in [-0.15, -0.1) is 0 Å². The molecule has 0 radical (unpaired) electrons. The molecule has 1 aromatic carbocycles. The Balaban J connectivity index is 1.23. The molecule has 1 aliphatic heterocycles. The zero-order valence-electron chi connectivity index (χ0n) is 18.6. The van der Waals surface area contributed by atoms with E-state index in [9.17, 15) is 4.79 Å². The first-order valence-corrected chi connectivity index (χ1v) is 11.3. The lowest BCUT2D eigenvalue weighted by molar-refractivity contribution is 0.0757. The summed E-state index contributed by atoms with van der Waals surface area (Å²) in [6.45, 7) is 5.74. The van der Waals surface area contributed by atoms with Gasteiger partial charge in [-0.2, -0.15) is 5.10 Å². The van der Waals surface area contributed by atoms with E-state index in [2.05, 4.69) is 27.2 Å². The van der Waals surface area contributed by atoms with Crippen LogP contribution in [0.15, 0.2) is 67.3 Å². The summed E-state index contributed by atoms with van der Waals surface area (Å²) in [5.74, 6) is 0.643. The molecule has 0 spiro atoms. The van der Waals surface area contributed by atoms with Crippen molar-refractivity contribution in [3.8, 4) is 5.75 Å². The van der Waals surface area contributed by atoms with Gasteiger partial charge in [0.1, 0.15) is 11.9 Å². The molecule has 32 heavy (non-hydrogen) atoms. The Morgan fingerprint density at radius 2 is 2.06 bits per heavy atom. The number of rotatable bonds is 9. The Morgan fingerprint density at radius 1 is 1.19 bits per heavy atom. The van der Waals surface area contributed by atoms with Crippen molar-refractivity contribution in [1.29, 1.82) is 0 Å². The molecule has 0 saturated carbocycles. The van der Waals surface area contributed by atoms with Gasteiger partial charge in [0.15, 0.2) is 0 Å². The fourth-order valence-electron chi connectivity index (χ4n) is 4.06. The summed E-state index contributed by atoms with van der Waals surface area (Å²) < 4.78 is 8.22. The van der Waals surface area contributed by atoms with E-state index in [-0.39, 0.29) is 12.0 Å². The third-order valence-electron chi connectivity index (χ3n) is 6.01. The summed E-state index contributed by atoms with van der Waals surface area (Å²) >= 11 is 0. The maximum atomic E-state index is 12.5. The van der Waals surface area contributed by atoms with Gasteiger partial charge in [0.2, 0.25) is 0 Å². The van der Waals surface area contributed by atoms with Gasteiger partial charge in [-0.25, -0.2) is 0 Å². The van der Waals surface area contributed by atoms with E-state index >= 15 is 0 Å². The standard InChI is InChI=1S/C25H31N5O2/c1-20(8-16-30-13-4-12-28-30)29-14-9-23(10-15-29)32-24-7-2-6-22(17-24)25(31)27-19-21-5-3-11-26-18-21/h2-7,11-13,17-18,20,23H,8-10,14-16,19H2,1H3,(H,27,31). The summed E-state index contributed by atoms with van der Waals surface area (Å²) in [5.41, 5.74) is 1.58. The largest absolute Gasteiger partial charge is 0.490 e. The molecule has 3 aromatic rings. The molecule has 1 saturated heterocycles. The maximum absolute atomic E-state index is 12.5. The van der Waals surface area contributed by atoms with Crippen LogP contribution >= 0.6 is 0 Å². The van der Waals surface area contributed by atoms with Gasteiger partial charge in [-0.3, -0.25) is 14.5 Å². The summed E-state index contributed by atoms with van der Waals surface area (Å²) in [6.07, 6.45) is 10.6. The van der Waals surface area contributed by atoms with Gasteiger partial charge in [-0.05, 0) is 62.1 Å². The van der Waals surface area contributed by atoms with Crippen LogP contribution in [-0.4, -0.2) is 50.8 Å². The summed E-state index contributed by atoms with van der Waals surface area (Å²) in [4.78, 5) is 19.1. The number of nitrogens with zero attached hydrogens (tertiary/aromatic N) is 4. The molecule has 168 valence electrons. The third-order valence-corrected chi connectivity index (χ3v) is 6.01. The first-order valence-electron chi connectivity index (χ1n) is 11.3. The van der Waals surface area contributed by atoms with E-state index in [4.69, 9.17) is 4.74 Å². The third kappa shape index (κ3) is 6.17. The molecule has 1 amide bonds. The lowest BCUT2D eigenvalue weighted by Crippen LogP contribution is -2.43. The number of aromatic nitrogens is 3. The van der Waals surface area contributed by atoms with E-state index in [0.29, 0.717) is 18.2 Å².